The molecule has 0 aliphatic heterocycles. The average molecular weight is 333 g/mol. The predicted molar refractivity (Wildman–Crippen MR) is 94.0 cm³/mol. The van der Waals surface area contributed by atoms with Crippen LogP contribution in [-0.2, 0) is 20.1 Å². The van der Waals surface area contributed by atoms with Gasteiger partial charge < -0.3 is 10.1 Å². The summed E-state index contributed by atoms with van der Waals surface area (Å²) in [4.78, 5) is 4.48. The monoisotopic (exact) mass is 332 g/mol. The molecule has 0 spiro atoms. The number of methoxy groups -OCH3 is 1. The molecule has 0 bridgehead atoms. The molecule has 0 atom stereocenters. The summed E-state index contributed by atoms with van der Waals surface area (Å²) in [5.41, 5.74) is 4.33. The van der Waals surface area contributed by atoms with Gasteiger partial charge in [0, 0.05) is 31.7 Å². The fraction of sp³-hybridized carbons (Fsp3) is 0.294. The highest BCUT2D eigenvalue weighted by atomic mass is 35.5. The maximum Gasteiger partial charge on any atom is 0.216 e. The molecule has 0 aliphatic carbocycles. The van der Waals surface area contributed by atoms with Gasteiger partial charge in [0.2, 0.25) is 5.88 Å². The van der Waals surface area contributed by atoms with Crippen LogP contribution in [0.4, 0.5) is 0 Å². The Morgan fingerprint density at radius 3 is 2.74 bits per heavy atom. The Kier molecular flexibility index (Phi) is 5.58. The van der Waals surface area contributed by atoms with Crippen molar-refractivity contribution in [2.45, 2.75) is 20.0 Å². The van der Waals surface area contributed by atoms with E-state index in [4.69, 9.17) is 4.74 Å². The second-order valence-electron chi connectivity index (χ2n) is 5.29. The Bertz CT molecular complexity index is 795. The zero-order chi connectivity index (χ0) is 15.5. The molecule has 0 amide bonds. The predicted octanol–water partition coefficient (Wildman–Crippen LogP) is 3.00. The van der Waals surface area contributed by atoms with Crippen LogP contribution < -0.4 is 10.1 Å². The second-order valence-corrected chi connectivity index (χ2v) is 5.29. The first-order valence-electron chi connectivity index (χ1n) is 7.30. The molecule has 2 heterocycles. The van der Waals surface area contributed by atoms with E-state index in [0.29, 0.717) is 6.54 Å². The van der Waals surface area contributed by atoms with Crippen LogP contribution in [0, 0.1) is 6.92 Å². The van der Waals surface area contributed by atoms with E-state index in [9.17, 15) is 0 Å². The summed E-state index contributed by atoms with van der Waals surface area (Å²) >= 11 is 0. The number of pyridine rings is 1. The maximum absolute atomic E-state index is 5.42. The van der Waals surface area contributed by atoms with Gasteiger partial charge in [-0.3, -0.25) is 4.98 Å². The van der Waals surface area contributed by atoms with Crippen molar-refractivity contribution >= 4 is 23.3 Å². The van der Waals surface area contributed by atoms with Gasteiger partial charge in [0.05, 0.1) is 23.9 Å². The lowest BCUT2D eigenvalue weighted by atomic mass is 10.1. The molecule has 0 unspecified atom stereocenters. The number of aryl methyl sites for hydroxylation is 2. The summed E-state index contributed by atoms with van der Waals surface area (Å²) in [7, 11) is 3.57. The summed E-state index contributed by atoms with van der Waals surface area (Å²) < 4.78 is 7.19. The molecule has 0 aliphatic rings. The van der Waals surface area contributed by atoms with Crippen molar-refractivity contribution in [3.05, 3.63) is 53.3 Å². The number of hydrogen-bond acceptors (Lipinski definition) is 4. The number of rotatable bonds is 5. The van der Waals surface area contributed by atoms with Crippen molar-refractivity contribution in [2.75, 3.05) is 7.11 Å². The van der Waals surface area contributed by atoms with E-state index in [0.717, 1.165) is 34.6 Å². The van der Waals surface area contributed by atoms with Gasteiger partial charge in [-0.1, -0.05) is 24.3 Å². The highest BCUT2D eigenvalue weighted by Crippen LogP contribution is 2.21. The minimum absolute atomic E-state index is 0. The molecule has 0 saturated carbocycles. The fourth-order valence-electron chi connectivity index (χ4n) is 2.77. The molecule has 3 rings (SSSR count). The van der Waals surface area contributed by atoms with Crippen molar-refractivity contribution < 1.29 is 4.74 Å². The van der Waals surface area contributed by atoms with E-state index in [1.807, 2.05) is 26.2 Å². The van der Waals surface area contributed by atoms with Crippen LogP contribution in [0.25, 0.3) is 10.9 Å². The number of hydrogen-bond donors (Lipinski definition) is 1. The molecular weight excluding hydrogens is 312 g/mol. The Balaban J connectivity index is 0.00000192. The molecular formula is C17H21ClN4O. The third kappa shape index (κ3) is 3.46. The lowest BCUT2D eigenvalue weighted by Crippen LogP contribution is -2.14. The zero-order valence-electron chi connectivity index (χ0n) is 13.5. The van der Waals surface area contributed by atoms with Crippen molar-refractivity contribution in [3.63, 3.8) is 0 Å². The molecule has 5 nitrogen and oxygen atoms in total. The molecule has 1 N–H and O–H groups in total. The van der Waals surface area contributed by atoms with E-state index >= 15 is 0 Å². The number of nitrogens with one attached hydrogen (secondary N) is 1. The number of halogens is 1. The van der Waals surface area contributed by atoms with E-state index in [2.05, 4.69) is 39.7 Å². The molecule has 0 fully saturated rings. The van der Waals surface area contributed by atoms with Gasteiger partial charge in [-0.05, 0) is 18.6 Å². The lowest BCUT2D eigenvalue weighted by molar-refractivity contribution is 0.368. The van der Waals surface area contributed by atoms with E-state index < -0.39 is 0 Å². The van der Waals surface area contributed by atoms with Crippen LogP contribution in [0.3, 0.4) is 0 Å². The van der Waals surface area contributed by atoms with Crippen molar-refractivity contribution in [2.24, 2.45) is 7.05 Å². The van der Waals surface area contributed by atoms with Crippen LogP contribution >= 0.6 is 12.4 Å². The Hall–Kier alpha value is -2.11. The van der Waals surface area contributed by atoms with Crippen LogP contribution in [0.2, 0.25) is 0 Å². The largest absolute Gasteiger partial charge is 0.481 e. The SMILES string of the molecule is COc1c(CNCc2cccc3cccnc23)c(C)nn1C.Cl. The molecule has 0 saturated heterocycles. The first-order chi connectivity index (χ1) is 10.7. The minimum Gasteiger partial charge on any atom is -0.481 e. The van der Waals surface area contributed by atoms with Crippen LogP contribution in [-0.4, -0.2) is 21.9 Å². The highest BCUT2D eigenvalue weighted by molar-refractivity contribution is 5.85. The third-order valence-electron chi connectivity index (χ3n) is 3.82. The zero-order valence-corrected chi connectivity index (χ0v) is 14.4. The number of nitrogens with zero attached hydrogens (tertiary/aromatic N) is 3. The van der Waals surface area contributed by atoms with Gasteiger partial charge in [-0.15, -0.1) is 12.4 Å². The molecule has 1 aromatic carbocycles. The van der Waals surface area contributed by atoms with Crippen molar-refractivity contribution in [1.82, 2.24) is 20.1 Å². The highest BCUT2D eigenvalue weighted by Gasteiger charge is 2.13. The van der Waals surface area contributed by atoms with Gasteiger partial charge in [-0.2, -0.15) is 5.10 Å². The summed E-state index contributed by atoms with van der Waals surface area (Å²) in [5, 5.41) is 9.03. The molecule has 2 aromatic heterocycles. The summed E-state index contributed by atoms with van der Waals surface area (Å²) in [5.74, 6) is 0.807. The second kappa shape index (κ2) is 7.44. The smallest absolute Gasteiger partial charge is 0.216 e. The average Bonchev–Trinajstić information content (AvgIpc) is 2.81. The Labute approximate surface area is 142 Å². The maximum atomic E-state index is 5.42. The molecule has 6 heteroatoms. The number of ether oxygens (including phenoxy) is 1. The Morgan fingerprint density at radius 2 is 1.96 bits per heavy atom. The first kappa shape index (κ1) is 17.2. The van der Waals surface area contributed by atoms with Crippen LogP contribution in [0.5, 0.6) is 5.88 Å². The molecule has 3 aromatic rings. The van der Waals surface area contributed by atoms with Crippen LogP contribution in [0.15, 0.2) is 36.5 Å². The van der Waals surface area contributed by atoms with Crippen molar-refractivity contribution in [3.8, 4) is 5.88 Å². The van der Waals surface area contributed by atoms with Crippen molar-refractivity contribution in [1.29, 1.82) is 0 Å². The van der Waals surface area contributed by atoms with Gasteiger partial charge >= 0.3 is 0 Å². The van der Waals surface area contributed by atoms with Crippen LogP contribution in [0.1, 0.15) is 16.8 Å². The summed E-state index contributed by atoms with van der Waals surface area (Å²) in [6.45, 7) is 3.47. The number of para-hydroxylation sites is 1. The number of aromatic nitrogens is 3. The molecule has 0 radical (unpaired) electrons. The third-order valence-corrected chi connectivity index (χ3v) is 3.82. The fourth-order valence-corrected chi connectivity index (χ4v) is 2.77. The van der Waals surface area contributed by atoms with Gasteiger partial charge in [0.15, 0.2) is 0 Å². The van der Waals surface area contributed by atoms with E-state index in [1.165, 1.54) is 5.56 Å². The molecule has 23 heavy (non-hydrogen) atoms. The van der Waals surface area contributed by atoms with Gasteiger partial charge in [0.1, 0.15) is 0 Å². The normalized spacial score (nSPS) is 10.6. The lowest BCUT2D eigenvalue weighted by Gasteiger charge is -2.09. The summed E-state index contributed by atoms with van der Waals surface area (Å²) in [6.07, 6.45) is 1.83. The number of benzene rings is 1. The minimum atomic E-state index is 0. The standard InChI is InChI=1S/C17H20N4O.ClH/c1-12-15(17(22-3)21(2)20-12)11-18-10-14-7-4-6-13-8-5-9-19-16(13)14;/h4-9,18H,10-11H2,1-3H3;1H. The van der Waals surface area contributed by atoms with E-state index in [1.54, 1.807) is 11.8 Å². The number of fused-ring (bicyclic) bond motifs is 1. The quantitative estimate of drug-likeness (QED) is 0.780. The van der Waals surface area contributed by atoms with E-state index in [-0.39, 0.29) is 12.4 Å². The summed E-state index contributed by atoms with van der Waals surface area (Å²) in [6, 6.07) is 10.3. The topological polar surface area (TPSA) is 52.0 Å². The molecule has 122 valence electrons. The first-order valence-corrected chi connectivity index (χ1v) is 7.30. The van der Waals surface area contributed by atoms with Gasteiger partial charge in [-0.25, -0.2) is 4.68 Å². The Morgan fingerprint density at radius 1 is 1.17 bits per heavy atom. The van der Waals surface area contributed by atoms with Gasteiger partial charge in [0.25, 0.3) is 0 Å².